The molecule has 3 nitrogen and oxygen atoms in total. The van der Waals surface area contributed by atoms with Gasteiger partial charge in [0, 0.05) is 0 Å². The summed E-state index contributed by atoms with van der Waals surface area (Å²) in [5.41, 5.74) is -0.281. The number of nitrogens with zero attached hydrogens (tertiary/aromatic N) is 1. The summed E-state index contributed by atoms with van der Waals surface area (Å²) in [5, 5.41) is 0. The van der Waals surface area contributed by atoms with Crippen molar-refractivity contribution in [1.82, 2.24) is 4.90 Å². The molecule has 1 atom stereocenters. The molecule has 11 heavy (non-hydrogen) atoms. The molecular weight excluding hydrogens is 142 g/mol. The van der Waals surface area contributed by atoms with Gasteiger partial charge in [0.2, 0.25) is 0 Å². The topological polar surface area (TPSA) is 29.5 Å². The van der Waals surface area contributed by atoms with Crippen LogP contribution in [0.2, 0.25) is 0 Å². The van der Waals surface area contributed by atoms with Gasteiger partial charge in [0.15, 0.2) is 0 Å². The van der Waals surface area contributed by atoms with E-state index in [0.29, 0.717) is 6.61 Å². The molecule has 1 heterocycles. The average molecular weight is 157 g/mol. The lowest BCUT2D eigenvalue weighted by Gasteiger charge is -2.28. The van der Waals surface area contributed by atoms with Crippen molar-refractivity contribution in [3.05, 3.63) is 0 Å². The largest absolute Gasteiger partial charge is 0.359 e. The first-order valence-electron chi connectivity index (χ1n) is 3.82. The highest BCUT2D eigenvalue weighted by atomic mass is 16.5. The van der Waals surface area contributed by atoms with Crippen LogP contribution in [-0.4, -0.2) is 36.1 Å². The van der Waals surface area contributed by atoms with Crippen molar-refractivity contribution in [2.75, 3.05) is 13.7 Å². The van der Waals surface area contributed by atoms with Crippen molar-refractivity contribution < 1.29 is 9.53 Å². The van der Waals surface area contributed by atoms with E-state index in [2.05, 4.69) is 0 Å². The molecule has 0 radical (unpaired) electrons. The minimum Gasteiger partial charge on any atom is -0.359 e. The molecule has 0 aromatic rings. The molecule has 0 N–H and O–H groups in total. The first kappa shape index (κ1) is 8.68. The van der Waals surface area contributed by atoms with E-state index in [1.807, 2.05) is 25.8 Å². The van der Waals surface area contributed by atoms with E-state index >= 15 is 0 Å². The fourth-order valence-corrected chi connectivity index (χ4v) is 1.26. The van der Waals surface area contributed by atoms with Crippen LogP contribution in [0.15, 0.2) is 0 Å². The molecule has 1 fully saturated rings. The molecule has 0 spiro atoms. The summed E-state index contributed by atoms with van der Waals surface area (Å²) in [5.74, 6) is 0.179. The third kappa shape index (κ3) is 1.44. The number of rotatable bonds is 1. The number of ketones is 1. The number of ether oxygens (including phenoxy) is 1. The Morgan fingerprint density at radius 1 is 1.64 bits per heavy atom. The minimum atomic E-state index is -0.281. The predicted molar refractivity (Wildman–Crippen MR) is 42.3 cm³/mol. The summed E-state index contributed by atoms with van der Waals surface area (Å²) in [6.45, 7) is 6.07. The van der Waals surface area contributed by atoms with Crippen LogP contribution in [0.4, 0.5) is 0 Å². The number of hydrogen-bond acceptors (Lipinski definition) is 3. The molecular formula is C8H15NO2. The smallest absolute Gasteiger partial charge is 0.149 e. The van der Waals surface area contributed by atoms with E-state index in [4.69, 9.17) is 4.74 Å². The summed E-state index contributed by atoms with van der Waals surface area (Å²) in [6, 6.07) is -0.0509. The molecule has 1 rings (SSSR count). The number of carbonyl (C=O) groups excluding carboxylic acids is 1. The van der Waals surface area contributed by atoms with Crippen LogP contribution >= 0.6 is 0 Å². The van der Waals surface area contributed by atoms with Crippen LogP contribution in [0.5, 0.6) is 0 Å². The highest BCUT2D eigenvalue weighted by Gasteiger charge is 2.39. The van der Waals surface area contributed by atoms with Gasteiger partial charge in [0.05, 0.1) is 12.6 Å². The predicted octanol–water partition coefficient (Wildman–Crippen LogP) is 0.642. The van der Waals surface area contributed by atoms with Crippen molar-refractivity contribution in [1.29, 1.82) is 0 Å². The van der Waals surface area contributed by atoms with Gasteiger partial charge >= 0.3 is 0 Å². The van der Waals surface area contributed by atoms with Crippen LogP contribution < -0.4 is 0 Å². The third-order valence-corrected chi connectivity index (χ3v) is 2.38. The zero-order chi connectivity index (χ0) is 8.65. The van der Waals surface area contributed by atoms with E-state index in [0.717, 1.165) is 0 Å². The Kier molecular flexibility index (Phi) is 2.03. The van der Waals surface area contributed by atoms with Gasteiger partial charge in [-0.3, -0.25) is 9.69 Å². The quantitative estimate of drug-likeness (QED) is 0.559. The summed E-state index contributed by atoms with van der Waals surface area (Å²) in [6.07, 6.45) is 0. The first-order chi connectivity index (χ1) is 4.95. The van der Waals surface area contributed by atoms with Gasteiger partial charge in [-0.05, 0) is 27.8 Å². The Hall–Kier alpha value is -0.410. The lowest BCUT2D eigenvalue weighted by atomic mass is 10.2. The number of Topliss-reactive ketones (excluding diaryl/α,β-unsaturated/α-hetero) is 1. The molecule has 0 aromatic carbocycles. The number of carbonyl (C=O) groups is 1. The SMILES string of the molecule is CC(=O)C1COC(C)(C)N1C. The van der Waals surface area contributed by atoms with Crippen molar-refractivity contribution >= 4 is 5.78 Å². The third-order valence-electron chi connectivity index (χ3n) is 2.38. The highest BCUT2D eigenvalue weighted by Crippen LogP contribution is 2.24. The second kappa shape index (κ2) is 2.57. The number of hydrogen-bond donors (Lipinski definition) is 0. The Balaban J connectivity index is 2.71. The number of likely N-dealkylation sites (N-methyl/N-ethyl adjacent to an activating group) is 1. The highest BCUT2D eigenvalue weighted by molar-refractivity contribution is 5.81. The average Bonchev–Trinajstić information content (AvgIpc) is 2.09. The van der Waals surface area contributed by atoms with Crippen molar-refractivity contribution in [2.45, 2.75) is 32.5 Å². The lowest BCUT2D eigenvalue weighted by Crippen LogP contribution is -2.43. The Morgan fingerprint density at radius 2 is 2.18 bits per heavy atom. The maximum Gasteiger partial charge on any atom is 0.149 e. The zero-order valence-corrected chi connectivity index (χ0v) is 7.55. The van der Waals surface area contributed by atoms with Gasteiger partial charge in [0.25, 0.3) is 0 Å². The van der Waals surface area contributed by atoms with E-state index in [9.17, 15) is 4.79 Å². The molecule has 64 valence electrons. The van der Waals surface area contributed by atoms with Crippen LogP contribution in [-0.2, 0) is 9.53 Å². The van der Waals surface area contributed by atoms with Crippen LogP contribution in [0.1, 0.15) is 20.8 Å². The summed E-state index contributed by atoms with van der Waals surface area (Å²) in [7, 11) is 1.92. The molecule has 0 aromatic heterocycles. The van der Waals surface area contributed by atoms with Crippen LogP contribution in [0, 0.1) is 0 Å². The van der Waals surface area contributed by atoms with Gasteiger partial charge in [-0.25, -0.2) is 0 Å². The van der Waals surface area contributed by atoms with E-state index in [1.54, 1.807) is 6.92 Å². The first-order valence-corrected chi connectivity index (χ1v) is 3.82. The van der Waals surface area contributed by atoms with Crippen molar-refractivity contribution in [2.24, 2.45) is 0 Å². The Morgan fingerprint density at radius 3 is 2.36 bits per heavy atom. The Bertz CT molecular complexity index is 177. The van der Waals surface area contributed by atoms with Crippen molar-refractivity contribution in [3.8, 4) is 0 Å². The van der Waals surface area contributed by atoms with Gasteiger partial charge in [0.1, 0.15) is 11.5 Å². The molecule has 3 heteroatoms. The molecule has 0 amide bonds. The maximum atomic E-state index is 11.0. The normalized spacial score (nSPS) is 30.7. The standard InChI is InChI=1S/C8H15NO2/c1-6(10)7-5-11-8(2,3)9(7)4/h7H,5H2,1-4H3. The van der Waals surface area contributed by atoms with Crippen LogP contribution in [0.3, 0.4) is 0 Å². The van der Waals surface area contributed by atoms with Crippen LogP contribution in [0.25, 0.3) is 0 Å². The molecule has 0 aliphatic carbocycles. The molecule has 0 bridgehead atoms. The summed E-state index contributed by atoms with van der Waals surface area (Å²) < 4.78 is 5.43. The minimum absolute atomic E-state index is 0.0509. The molecule has 1 saturated heterocycles. The summed E-state index contributed by atoms with van der Waals surface area (Å²) in [4.78, 5) is 13.0. The lowest BCUT2D eigenvalue weighted by molar-refractivity contribution is -0.121. The fourth-order valence-electron chi connectivity index (χ4n) is 1.26. The summed E-state index contributed by atoms with van der Waals surface area (Å²) >= 11 is 0. The van der Waals surface area contributed by atoms with E-state index in [-0.39, 0.29) is 17.6 Å². The van der Waals surface area contributed by atoms with Gasteiger partial charge < -0.3 is 4.74 Å². The van der Waals surface area contributed by atoms with E-state index < -0.39 is 0 Å². The monoisotopic (exact) mass is 157 g/mol. The van der Waals surface area contributed by atoms with Gasteiger partial charge in [-0.15, -0.1) is 0 Å². The maximum absolute atomic E-state index is 11.0. The molecule has 0 saturated carbocycles. The second-order valence-corrected chi connectivity index (χ2v) is 3.50. The molecule has 1 aliphatic rings. The van der Waals surface area contributed by atoms with Gasteiger partial charge in [-0.1, -0.05) is 0 Å². The zero-order valence-electron chi connectivity index (χ0n) is 7.55. The molecule has 1 unspecified atom stereocenters. The fraction of sp³-hybridized carbons (Fsp3) is 0.875. The second-order valence-electron chi connectivity index (χ2n) is 3.50. The Labute approximate surface area is 67.3 Å². The molecule has 1 aliphatic heterocycles. The van der Waals surface area contributed by atoms with Crippen molar-refractivity contribution in [3.63, 3.8) is 0 Å². The van der Waals surface area contributed by atoms with Gasteiger partial charge in [-0.2, -0.15) is 0 Å². The van der Waals surface area contributed by atoms with E-state index in [1.165, 1.54) is 0 Å².